The second-order valence-electron chi connectivity index (χ2n) is 9.05. The molecule has 1 aliphatic rings. The number of benzene rings is 1. The molecule has 2 aromatic rings. The minimum Gasteiger partial charge on any atom is -0.361 e. The molecular formula is C23H32N4O3. The van der Waals surface area contributed by atoms with E-state index in [1.165, 1.54) is 0 Å². The van der Waals surface area contributed by atoms with Crippen LogP contribution in [0.5, 0.6) is 0 Å². The average molecular weight is 413 g/mol. The molecule has 3 N–H and O–H groups in total. The molecule has 1 heterocycles. The fraction of sp³-hybridized carbons (Fsp3) is 0.522. The van der Waals surface area contributed by atoms with E-state index >= 15 is 0 Å². The Labute approximate surface area is 178 Å². The van der Waals surface area contributed by atoms with E-state index < -0.39 is 0 Å². The highest BCUT2D eigenvalue weighted by molar-refractivity contribution is 5.96. The summed E-state index contributed by atoms with van der Waals surface area (Å²) in [7, 11) is 0. The Balaban J connectivity index is 1.81. The van der Waals surface area contributed by atoms with Crippen molar-refractivity contribution in [1.82, 2.24) is 10.1 Å². The largest absolute Gasteiger partial charge is 0.361 e. The molecule has 0 radical (unpaired) electrons. The maximum absolute atomic E-state index is 13.4. The molecule has 7 nitrogen and oxygen atoms in total. The molecule has 0 bridgehead atoms. The summed E-state index contributed by atoms with van der Waals surface area (Å²) >= 11 is 0. The number of hydrogen-bond donors (Lipinski definition) is 2. The molecule has 3 rings (SSSR count). The van der Waals surface area contributed by atoms with Crippen molar-refractivity contribution in [2.45, 2.75) is 53.5 Å². The van der Waals surface area contributed by atoms with Crippen molar-refractivity contribution in [2.75, 3.05) is 18.4 Å². The monoisotopic (exact) mass is 412 g/mol. The van der Waals surface area contributed by atoms with Gasteiger partial charge in [-0.1, -0.05) is 37.6 Å². The van der Waals surface area contributed by atoms with Gasteiger partial charge in [0.05, 0.1) is 5.69 Å². The molecule has 1 saturated carbocycles. The van der Waals surface area contributed by atoms with Crippen molar-refractivity contribution in [2.24, 2.45) is 17.1 Å². The smallest absolute Gasteiger partial charge is 0.259 e. The van der Waals surface area contributed by atoms with E-state index in [2.05, 4.69) is 10.5 Å². The predicted molar refractivity (Wildman–Crippen MR) is 116 cm³/mol. The van der Waals surface area contributed by atoms with E-state index in [0.717, 1.165) is 30.5 Å². The highest BCUT2D eigenvalue weighted by Gasteiger charge is 2.29. The number of hydrogen-bond acceptors (Lipinski definition) is 5. The van der Waals surface area contributed by atoms with Crippen LogP contribution in [0.3, 0.4) is 0 Å². The van der Waals surface area contributed by atoms with Crippen molar-refractivity contribution < 1.29 is 14.1 Å². The van der Waals surface area contributed by atoms with Gasteiger partial charge in [0.25, 0.3) is 5.91 Å². The first kappa shape index (κ1) is 22.0. The van der Waals surface area contributed by atoms with Crippen molar-refractivity contribution in [3.8, 4) is 0 Å². The lowest BCUT2D eigenvalue weighted by Gasteiger charge is -2.32. The van der Waals surface area contributed by atoms with Gasteiger partial charge in [-0.25, -0.2) is 0 Å². The van der Waals surface area contributed by atoms with E-state index in [4.69, 9.17) is 10.3 Å². The molecule has 0 spiro atoms. The molecule has 0 aliphatic heterocycles. The SMILES string of the molecule is Cc1noc(C)c1C(=O)N(Cc1cccc(NC(=O)C2CCC2)c1)CC(C)(C)CN. The van der Waals surface area contributed by atoms with Crippen LogP contribution >= 0.6 is 0 Å². The summed E-state index contributed by atoms with van der Waals surface area (Å²) in [5.41, 5.74) is 8.46. The minimum absolute atomic E-state index is 0.0753. The van der Waals surface area contributed by atoms with Gasteiger partial charge in [-0.15, -0.1) is 0 Å². The van der Waals surface area contributed by atoms with E-state index in [1.807, 2.05) is 38.1 Å². The molecule has 1 aliphatic carbocycles. The van der Waals surface area contributed by atoms with Crippen LogP contribution in [0.2, 0.25) is 0 Å². The number of aromatic nitrogens is 1. The zero-order valence-electron chi connectivity index (χ0n) is 18.3. The first-order valence-electron chi connectivity index (χ1n) is 10.5. The van der Waals surface area contributed by atoms with Gasteiger partial charge >= 0.3 is 0 Å². The molecule has 162 valence electrons. The number of aryl methyl sites for hydroxylation is 2. The molecule has 1 fully saturated rings. The number of carbonyl (C=O) groups excluding carboxylic acids is 2. The van der Waals surface area contributed by atoms with Crippen molar-refractivity contribution in [1.29, 1.82) is 0 Å². The zero-order chi connectivity index (χ0) is 21.9. The van der Waals surface area contributed by atoms with Crippen LogP contribution in [0, 0.1) is 25.2 Å². The highest BCUT2D eigenvalue weighted by atomic mass is 16.5. The summed E-state index contributed by atoms with van der Waals surface area (Å²) < 4.78 is 5.20. The van der Waals surface area contributed by atoms with Crippen molar-refractivity contribution in [3.05, 3.63) is 46.8 Å². The quantitative estimate of drug-likeness (QED) is 0.689. The van der Waals surface area contributed by atoms with Crippen LogP contribution in [0.4, 0.5) is 5.69 Å². The second-order valence-corrected chi connectivity index (χ2v) is 9.05. The molecule has 7 heteroatoms. The Morgan fingerprint density at radius 3 is 2.60 bits per heavy atom. The second kappa shape index (κ2) is 9.00. The lowest BCUT2D eigenvalue weighted by Crippen LogP contribution is -2.42. The lowest BCUT2D eigenvalue weighted by molar-refractivity contribution is -0.122. The molecule has 0 atom stereocenters. The number of nitrogens with two attached hydrogens (primary N) is 1. The topological polar surface area (TPSA) is 101 Å². The summed E-state index contributed by atoms with van der Waals surface area (Å²) in [5.74, 6) is 0.578. The van der Waals surface area contributed by atoms with Gasteiger partial charge in [0, 0.05) is 24.7 Å². The van der Waals surface area contributed by atoms with Crippen molar-refractivity contribution in [3.63, 3.8) is 0 Å². The fourth-order valence-corrected chi connectivity index (χ4v) is 3.61. The molecule has 30 heavy (non-hydrogen) atoms. The molecular weight excluding hydrogens is 380 g/mol. The summed E-state index contributed by atoms with van der Waals surface area (Å²) in [4.78, 5) is 27.4. The molecule has 2 amide bonds. The summed E-state index contributed by atoms with van der Waals surface area (Å²) in [6.45, 7) is 8.94. The number of nitrogens with one attached hydrogen (secondary N) is 1. The number of nitrogens with zero attached hydrogens (tertiary/aromatic N) is 2. The Bertz CT molecular complexity index is 895. The number of rotatable bonds is 8. The van der Waals surface area contributed by atoms with Crippen LogP contribution in [0.25, 0.3) is 0 Å². The van der Waals surface area contributed by atoms with E-state index in [9.17, 15) is 9.59 Å². The average Bonchev–Trinajstić information content (AvgIpc) is 2.97. The van der Waals surface area contributed by atoms with Crippen LogP contribution in [-0.4, -0.2) is 35.0 Å². The summed E-state index contributed by atoms with van der Waals surface area (Å²) in [6.07, 6.45) is 3.03. The molecule has 0 saturated heterocycles. The van der Waals surface area contributed by atoms with E-state index in [0.29, 0.717) is 36.7 Å². The first-order chi connectivity index (χ1) is 14.2. The standard InChI is InChI=1S/C23H32N4O3/c1-15-20(16(2)30-26-15)22(29)27(14-23(3,4)13-24)12-17-7-5-10-19(11-17)25-21(28)18-8-6-9-18/h5,7,10-11,18H,6,8-9,12-14,24H2,1-4H3,(H,25,28). The Morgan fingerprint density at radius 2 is 2.03 bits per heavy atom. The Morgan fingerprint density at radius 1 is 1.30 bits per heavy atom. The van der Waals surface area contributed by atoms with Gasteiger partial charge in [0.1, 0.15) is 11.3 Å². The normalized spacial score (nSPS) is 14.3. The third kappa shape index (κ3) is 5.08. The summed E-state index contributed by atoms with van der Waals surface area (Å²) in [6, 6.07) is 7.67. The van der Waals surface area contributed by atoms with Crippen LogP contribution in [0.1, 0.15) is 60.5 Å². The van der Waals surface area contributed by atoms with Crippen LogP contribution in [-0.2, 0) is 11.3 Å². The zero-order valence-corrected chi connectivity index (χ0v) is 18.3. The third-order valence-electron chi connectivity index (χ3n) is 5.75. The highest BCUT2D eigenvalue weighted by Crippen LogP contribution is 2.28. The number of anilines is 1. The van der Waals surface area contributed by atoms with Gasteiger partial charge in [0.2, 0.25) is 5.91 Å². The molecule has 1 aromatic carbocycles. The summed E-state index contributed by atoms with van der Waals surface area (Å²) in [5, 5.41) is 6.93. The minimum atomic E-state index is -0.245. The van der Waals surface area contributed by atoms with Gasteiger partial charge in [-0.3, -0.25) is 9.59 Å². The Kier molecular flexibility index (Phi) is 6.61. The first-order valence-corrected chi connectivity index (χ1v) is 10.5. The van der Waals surface area contributed by atoms with Gasteiger partial charge < -0.3 is 20.5 Å². The predicted octanol–water partition coefficient (Wildman–Crippen LogP) is 3.66. The van der Waals surface area contributed by atoms with E-state index in [1.54, 1.807) is 18.7 Å². The Hall–Kier alpha value is -2.67. The lowest BCUT2D eigenvalue weighted by atomic mass is 9.85. The molecule has 0 unspecified atom stereocenters. The maximum atomic E-state index is 13.4. The van der Waals surface area contributed by atoms with Gasteiger partial charge in [-0.05, 0) is 56.3 Å². The van der Waals surface area contributed by atoms with Gasteiger partial charge in [-0.2, -0.15) is 0 Å². The van der Waals surface area contributed by atoms with Gasteiger partial charge in [0.15, 0.2) is 0 Å². The third-order valence-corrected chi connectivity index (χ3v) is 5.75. The maximum Gasteiger partial charge on any atom is 0.259 e. The van der Waals surface area contributed by atoms with Crippen LogP contribution in [0.15, 0.2) is 28.8 Å². The molecule has 1 aromatic heterocycles. The number of amides is 2. The fourth-order valence-electron chi connectivity index (χ4n) is 3.61. The van der Waals surface area contributed by atoms with E-state index in [-0.39, 0.29) is 23.1 Å². The number of carbonyl (C=O) groups is 2. The van der Waals surface area contributed by atoms with Crippen LogP contribution < -0.4 is 11.1 Å². The van der Waals surface area contributed by atoms with Crippen molar-refractivity contribution >= 4 is 17.5 Å².